The van der Waals surface area contributed by atoms with Crippen LogP contribution in [0.3, 0.4) is 0 Å². The Morgan fingerprint density at radius 2 is 2.04 bits per heavy atom. The third-order valence-corrected chi connectivity index (χ3v) is 4.57. The van der Waals surface area contributed by atoms with Crippen molar-refractivity contribution in [1.29, 1.82) is 0 Å². The summed E-state index contributed by atoms with van der Waals surface area (Å²) < 4.78 is 1.78. The van der Waals surface area contributed by atoms with Crippen molar-refractivity contribution >= 4 is 17.2 Å². The summed E-state index contributed by atoms with van der Waals surface area (Å²) in [6.45, 7) is 0.875. The molecule has 0 spiro atoms. The van der Waals surface area contributed by atoms with Gasteiger partial charge in [-0.3, -0.25) is 9.48 Å². The highest BCUT2D eigenvalue weighted by atomic mass is 32.1. The maximum absolute atomic E-state index is 12.2. The van der Waals surface area contributed by atoms with E-state index in [1.807, 2.05) is 55.2 Å². The fourth-order valence-electron chi connectivity index (χ4n) is 2.34. The highest BCUT2D eigenvalue weighted by molar-refractivity contribution is 7.12. The minimum atomic E-state index is -0.0724. The van der Waals surface area contributed by atoms with Gasteiger partial charge in [0.1, 0.15) is 0 Å². The van der Waals surface area contributed by atoms with Crippen LogP contribution >= 0.6 is 11.3 Å². The zero-order valence-corrected chi connectivity index (χ0v) is 13.6. The van der Waals surface area contributed by atoms with Crippen LogP contribution in [-0.2, 0) is 20.1 Å². The Labute approximate surface area is 138 Å². The van der Waals surface area contributed by atoms with Crippen LogP contribution in [0.25, 0.3) is 11.1 Å². The Kier molecular flexibility index (Phi) is 4.55. The smallest absolute Gasteiger partial charge is 0.261 e. The molecule has 0 bridgehead atoms. The number of nitrogens with two attached hydrogens (primary N) is 1. The molecule has 1 amide bonds. The van der Waals surface area contributed by atoms with Crippen molar-refractivity contribution in [3.63, 3.8) is 0 Å². The molecule has 118 valence electrons. The number of aryl methyl sites for hydroxylation is 1. The topological polar surface area (TPSA) is 72.9 Å². The number of thiophene rings is 1. The van der Waals surface area contributed by atoms with Crippen LogP contribution in [-0.4, -0.2) is 15.7 Å². The summed E-state index contributed by atoms with van der Waals surface area (Å²) >= 11 is 1.42. The van der Waals surface area contributed by atoms with E-state index in [-0.39, 0.29) is 5.91 Å². The average Bonchev–Trinajstić information content (AvgIpc) is 3.21. The van der Waals surface area contributed by atoms with Gasteiger partial charge in [-0.05, 0) is 28.1 Å². The largest absolute Gasteiger partial charge is 0.347 e. The fraction of sp³-hybridized carbons (Fsp3) is 0.176. The molecule has 0 aliphatic carbocycles. The molecule has 0 atom stereocenters. The molecule has 0 unspecified atom stereocenters. The zero-order valence-electron chi connectivity index (χ0n) is 12.8. The predicted molar refractivity (Wildman–Crippen MR) is 92.0 cm³/mol. The summed E-state index contributed by atoms with van der Waals surface area (Å²) in [5, 5.41) is 9.00. The number of aromatic nitrogens is 2. The van der Waals surface area contributed by atoms with Crippen LogP contribution in [0.2, 0.25) is 0 Å². The van der Waals surface area contributed by atoms with Crippen LogP contribution in [0.15, 0.2) is 48.1 Å². The van der Waals surface area contributed by atoms with Gasteiger partial charge in [0.2, 0.25) is 0 Å². The molecule has 2 heterocycles. The van der Waals surface area contributed by atoms with Gasteiger partial charge in [0.05, 0.1) is 11.1 Å². The molecule has 23 heavy (non-hydrogen) atoms. The first kappa shape index (κ1) is 15.5. The van der Waals surface area contributed by atoms with Gasteiger partial charge in [0, 0.05) is 31.9 Å². The van der Waals surface area contributed by atoms with E-state index in [1.165, 1.54) is 11.3 Å². The normalized spacial score (nSPS) is 10.7. The van der Waals surface area contributed by atoms with E-state index in [0.717, 1.165) is 22.3 Å². The summed E-state index contributed by atoms with van der Waals surface area (Å²) in [6, 6.07) is 9.99. The number of nitrogens with one attached hydrogen (secondary N) is 1. The van der Waals surface area contributed by atoms with Gasteiger partial charge in [0.25, 0.3) is 5.91 Å². The molecule has 0 fully saturated rings. The number of rotatable bonds is 5. The lowest BCUT2D eigenvalue weighted by Crippen LogP contribution is -2.23. The standard InChI is InChI=1S/C17H18N4OS/c1-21-11-15(10-20-21)13-4-2-12(3-5-13)9-19-17(22)16-14(8-18)6-7-23-16/h2-7,10-11H,8-9,18H2,1H3,(H,19,22). The van der Waals surface area contributed by atoms with Crippen molar-refractivity contribution in [2.75, 3.05) is 0 Å². The quantitative estimate of drug-likeness (QED) is 0.757. The van der Waals surface area contributed by atoms with E-state index in [9.17, 15) is 4.79 Å². The molecular weight excluding hydrogens is 308 g/mol. The number of carbonyl (C=O) groups excluding carboxylic acids is 1. The summed E-state index contributed by atoms with van der Waals surface area (Å²) in [6.07, 6.45) is 3.81. The fourth-order valence-corrected chi connectivity index (χ4v) is 3.19. The van der Waals surface area contributed by atoms with E-state index < -0.39 is 0 Å². The molecule has 5 nitrogen and oxygen atoms in total. The molecule has 1 aromatic carbocycles. The van der Waals surface area contributed by atoms with Gasteiger partial charge < -0.3 is 11.1 Å². The molecule has 0 saturated heterocycles. The van der Waals surface area contributed by atoms with Crippen LogP contribution < -0.4 is 11.1 Å². The van der Waals surface area contributed by atoms with Crippen LogP contribution in [0.1, 0.15) is 20.8 Å². The highest BCUT2D eigenvalue weighted by Gasteiger charge is 2.11. The molecule has 0 radical (unpaired) electrons. The summed E-state index contributed by atoms with van der Waals surface area (Å²) in [5.41, 5.74) is 9.76. The first-order valence-electron chi connectivity index (χ1n) is 7.30. The minimum absolute atomic E-state index is 0.0724. The van der Waals surface area contributed by atoms with E-state index in [4.69, 9.17) is 5.73 Å². The molecule has 6 heteroatoms. The van der Waals surface area contributed by atoms with Crippen molar-refractivity contribution in [3.05, 3.63) is 64.1 Å². The Balaban J connectivity index is 1.64. The number of carbonyl (C=O) groups is 1. The molecule has 2 aromatic heterocycles. The van der Waals surface area contributed by atoms with Gasteiger partial charge in [-0.25, -0.2) is 0 Å². The van der Waals surface area contributed by atoms with Crippen LogP contribution in [0, 0.1) is 0 Å². The van der Waals surface area contributed by atoms with Crippen molar-refractivity contribution < 1.29 is 4.79 Å². The van der Waals surface area contributed by atoms with Crippen LogP contribution in [0.4, 0.5) is 0 Å². The Bertz CT molecular complexity index is 804. The Hall–Kier alpha value is -2.44. The lowest BCUT2D eigenvalue weighted by molar-refractivity contribution is 0.0954. The lowest BCUT2D eigenvalue weighted by atomic mass is 10.1. The monoisotopic (exact) mass is 326 g/mol. The van der Waals surface area contributed by atoms with E-state index in [2.05, 4.69) is 10.4 Å². The first-order valence-corrected chi connectivity index (χ1v) is 8.18. The molecular formula is C17H18N4OS. The van der Waals surface area contributed by atoms with Gasteiger partial charge in [0.15, 0.2) is 0 Å². The summed E-state index contributed by atoms with van der Waals surface area (Å²) in [5.74, 6) is -0.0724. The summed E-state index contributed by atoms with van der Waals surface area (Å²) in [4.78, 5) is 12.9. The minimum Gasteiger partial charge on any atom is -0.347 e. The maximum Gasteiger partial charge on any atom is 0.261 e. The van der Waals surface area contributed by atoms with Gasteiger partial charge in [-0.2, -0.15) is 5.10 Å². The van der Waals surface area contributed by atoms with E-state index in [1.54, 1.807) is 4.68 Å². The van der Waals surface area contributed by atoms with E-state index >= 15 is 0 Å². The Morgan fingerprint density at radius 1 is 1.26 bits per heavy atom. The average molecular weight is 326 g/mol. The number of amides is 1. The van der Waals surface area contributed by atoms with Crippen molar-refractivity contribution in [1.82, 2.24) is 15.1 Å². The molecule has 0 saturated carbocycles. The first-order chi connectivity index (χ1) is 11.2. The maximum atomic E-state index is 12.2. The van der Waals surface area contributed by atoms with Crippen molar-refractivity contribution in [3.8, 4) is 11.1 Å². The molecule has 3 aromatic rings. The lowest BCUT2D eigenvalue weighted by Gasteiger charge is -2.06. The summed E-state index contributed by atoms with van der Waals surface area (Å²) in [7, 11) is 1.90. The van der Waals surface area contributed by atoms with Crippen molar-refractivity contribution in [2.24, 2.45) is 12.8 Å². The Morgan fingerprint density at radius 3 is 2.70 bits per heavy atom. The SMILES string of the molecule is Cn1cc(-c2ccc(CNC(=O)c3sccc3CN)cc2)cn1. The molecule has 0 aliphatic rings. The van der Waals surface area contributed by atoms with Crippen molar-refractivity contribution in [2.45, 2.75) is 13.1 Å². The van der Waals surface area contributed by atoms with Crippen LogP contribution in [0.5, 0.6) is 0 Å². The second kappa shape index (κ2) is 6.76. The second-order valence-electron chi connectivity index (χ2n) is 5.26. The second-order valence-corrected chi connectivity index (χ2v) is 6.18. The molecule has 0 aliphatic heterocycles. The van der Waals surface area contributed by atoms with E-state index in [0.29, 0.717) is 18.0 Å². The number of hydrogen-bond acceptors (Lipinski definition) is 4. The predicted octanol–water partition coefficient (Wildman–Crippen LogP) is 2.54. The highest BCUT2D eigenvalue weighted by Crippen LogP contribution is 2.19. The van der Waals surface area contributed by atoms with Gasteiger partial charge in [-0.15, -0.1) is 11.3 Å². The molecule has 3 rings (SSSR count). The van der Waals surface area contributed by atoms with Gasteiger partial charge in [-0.1, -0.05) is 24.3 Å². The third kappa shape index (κ3) is 3.49. The number of benzene rings is 1. The molecule has 3 N–H and O–H groups in total. The zero-order chi connectivity index (χ0) is 16.2. The third-order valence-electron chi connectivity index (χ3n) is 3.62. The number of nitrogens with zero attached hydrogens (tertiary/aromatic N) is 2. The van der Waals surface area contributed by atoms with Gasteiger partial charge >= 0.3 is 0 Å². The number of hydrogen-bond donors (Lipinski definition) is 2.